The first-order valence-corrected chi connectivity index (χ1v) is 9.64. The number of nitrogens with one attached hydrogen (secondary N) is 2. The molecule has 1 amide bonds. The molecule has 0 saturated carbocycles. The summed E-state index contributed by atoms with van der Waals surface area (Å²) in [6, 6.07) is 18.3. The third-order valence-electron chi connectivity index (χ3n) is 4.67. The molecule has 2 aromatic carbocycles. The molecule has 0 bridgehead atoms. The molecule has 0 aliphatic carbocycles. The molecule has 2 aromatic rings. The molecule has 1 aliphatic rings. The summed E-state index contributed by atoms with van der Waals surface area (Å²) in [6.07, 6.45) is 2.73. The molecule has 3 rings (SSSR count). The standard InChI is InChI=1S/C22H28N4O/c1-18-9-11-19(12-10-18)17-24-22(25-20-7-3-2-4-8-20)23-14-13-21(27)26-15-5-6-16-26/h2-4,7-12H,5-6,13-17H2,1H3,(H2,23,24,25). The summed E-state index contributed by atoms with van der Waals surface area (Å²) in [6.45, 7) is 5.03. The van der Waals surface area contributed by atoms with E-state index in [0.29, 0.717) is 25.5 Å². The molecule has 0 unspecified atom stereocenters. The molecule has 2 N–H and O–H groups in total. The monoisotopic (exact) mass is 364 g/mol. The van der Waals surface area contributed by atoms with Gasteiger partial charge >= 0.3 is 0 Å². The van der Waals surface area contributed by atoms with Crippen molar-refractivity contribution < 1.29 is 4.79 Å². The lowest BCUT2D eigenvalue weighted by atomic mass is 10.1. The maximum atomic E-state index is 12.2. The van der Waals surface area contributed by atoms with Crippen LogP contribution in [0.3, 0.4) is 0 Å². The summed E-state index contributed by atoms with van der Waals surface area (Å²) in [4.78, 5) is 18.9. The highest BCUT2D eigenvalue weighted by molar-refractivity contribution is 5.93. The Balaban J connectivity index is 1.59. The second-order valence-electron chi connectivity index (χ2n) is 6.91. The molecule has 1 heterocycles. The van der Waals surface area contributed by atoms with Gasteiger partial charge in [-0.15, -0.1) is 0 Å². The second kappa shape index (κ2) is 9.76. The molecule has 5 nitrogen and oxygen atoms in total. The van der Waals surface area contributed by atoms with Gasteiger partial charge in [-0.25, -0.2) is 4.99 Å². The van der Waals surface area contributed by atoms with Gasteiger partial charge in [0.1, 0.15) is 0 Å². The number of aryl methyl sites for hydroxylation is 1. The van der Waals surface area contributed by atoms with Crippen molar-refractivity contribution in [3.05, 3.63) is 65.7 Å². The highest BCUT2D eigenvalue weighted by Gasteiger charge is 2.17. The van der Waals surface area contributed by atoms with Crippen molar-refractivity contribution >= 4 is 17.6 Å². The lowest BCUT2D eigenvalue weighted by Gasteiger charge is -2.16. The number of anilines is 1. The third-order valence-corrected chi connectivity index (χ3v) is 4.67. The molecule has 142 valence electrons. The smallest absolute Gasteiger partial charge is 0.224 e. The van der Waals surface area contributed by atoms with E-state index in [-0.39, 0.29) is 5.91 Å². The SMILES string of the molecule is Cc1ccc(CN=C(NCCC(=O)N2CCCC2)Nc2ccccc2)cc1. The first-order chi connectivity index (χ1) is 13.2. The minimum absolute atomic E-state index is 0.220. The Bertz CT molecular complexity index is 750. The number of guanidine groups is 1. The Morgan fingerprint density at radius 3 is 2.44 bits per heavy atom. The number of para-hydroxylation sites is 1. The average Bonchev–Trinajstić information content (AvgIpc) is 3.23. The number of likely N-dealkylation sites (tertiary alicyclic amines) is 1. The summed E-state index contributed by atoms with van der Waals surface area (Å²) in [7, 11) is 0. The highest BCUT2D eigenvalue weighted by atomic mass is 16.2. The summed E-state index contributed by atoms with van der Waals surface area (Å²) in [5, 5.41) is 6.61. The fourth-order valence-corrected chi connectivity index (χ4v) is 3.07. The van der Waals surface area contributed by atoms with Crippen LogP contribution >= 0.6 is 0 Å². The number of aliphatic imine (C=N–C) groups is 1. The molecule has 1 aliphatic heterocycles. The summed E-state index contributed by atoms with van der Waals surface area (Å²) < 4.78 is 0. The van der Waals surface area contributed by atoms with Crippen LogP contribution in [0.2, 0.25) is 0 Å². The Labute approximate surface area is 161 Å². The lowest BCUT2D eigenvalue weighted by molar-refractivity contribution is -0.129. The maximum absolute atomic E-state index is 12.2. The van der Waals surface area contributed by atoms with Gasteiger partial charge in [0, 0.05) is 31.7 Å². The summed E-state index contributed by atoms with van der Waals surface area (Å²) in [5.41, 5.74) is 3.37. The van der Waals surface area contributed by atoms with Crippen LogP contribution in [0, 0.1) is 6.92 Å². The fraction of sp³-hybridized carbons (Fsp3) is 0.364. The predicted octanol–water partition coefficient (Wildman–Crippen LogP) is 3.57. The number of carbonyl (C=O) groups is 1. The van der Waals surface area contributed by atoms with Crippen LogP contribution < -0.4 is 10.6 Å². The molecule has 0 radical (unpaired) electrons. The quantitative estimate of drug-likeness (QED) is 0.609. The number of hydrogen-bond donors (Lipinski definition) is 2. The van der Waals surface area contributed by atoms with Crippen LogP contribution in [0.5, 0.6) is 0 Å². The van der Waals surface area contributed by atoms with Gasteiger partial charge in [-0.3, -0.25) is 4.79 Å². The molecule has 1 saturated heterocycles. The molecule has 0 spiro atoms. The molecule has 1 fully saturated rings. The zero-order valence-corrected chi connectivity index (χ0v) is 15.9. The minimum atomic E-state index is 0.220. The van der Waals surface area contributed by atoms with E-state index in [1.807, 2.05) is 35.2 Å². The van der Waals surface area contributed by atoms with Gasteiger partial charge in [0.05, 0.1) is 6.54 Å². The van der Waals surface area contributed by atoms with Gasteiger partial charge < -0.3 is 15.5 Å². The first-order valence-electron chi connectivity index (χ1n) is 9.64. The van der Waals surface area contributed by atoms with Crippen LogP contribution in [0.15, 0.2) is 59.6 Å². The Kier molecular flexibility index (Phi) is 6.85. The molecular weight excluding hydrogens is 336 g/mol. The van der Waals surface area contributed by atoms with Crippen molar-refractivity contribution in [1.29, 1.82) is 0 Å². The molecule has 0 aromatic heterocycles. The van der Waals surface area contributed by atoms with E-state index in [1.54, 1.807) is 0 Å². The average molecular weight is 364 g/mol. The van der Waals surface area contributed by atoms with Crippen molar-refractivity contribution in [2.45, 2.75) is 32.7 Å². The zero-order valence-electron chi connectivity index (χ0n) is 15.9. The third kappa shape index (κ3) is 6.13. The molecule has 5 heteroatoms. The number of amides is 1. The van der Waals surface area contributed by atoms with E-state index >= 15 is 0 Å². The van der Waals surface area contributed by atoms with Crippen molar-refractivity contribution in [2.24, 2.45) is 4.99 Å². The van der Waals surface area contributed by atoms with Gasteiger partial charge in [-0.2, -0.15) is 0 Å². The predicted molar refractivity (Wildman–Crippen MR) is 111 cm³/mol. The van der Waals surface area contributed by atoms with Crippen molar-refractivity contribution in [2.75, 3.05) is 25.0 Å². The Morgan fingerprint density at radius 2 is 1.74 bits per heavy atom. The first kappa shape index (κ1) is 19.0. The summed E-state index contributed by atoms with van der Waals surface area (Å²) in [5.74, 6) is 0.911. The van der Waals surface area contributed by atoms with Crippen LogP contribution in [-0.4, -0.2) is 36.4 Å². The van der Waals surface area contributed by atoms with E-state index in [0.717, 1.165) is 37.2 Å². The number of hydrogen-bond acceptors (Lipinski definition) is 2. The topological polar surface area (TPSA) is 56.7 Å². The summed E-state index contributed by atoms with van der Waals surface area (Å²) >= 11 is 0. The fourth-order valence-electron chi connectivity index (χ4n) is 3.07. The number of benzene rings is 2. The van der Waals surface area contributed by atoms with E-state index < -0.39 is 0 Å². The van der Waals surface area contributed by atoms with E-state index in [4.69, 9.17) is 0 Å². The van der Waals surface area contributed by atoms with Crippen LogP contribution in [-0.2, 0) is 11.3 Å². The normalized spacial score (nSPS) is 14.3. The second-order valence-corrected chi connectivity index (χ2v) is 6.91. The Morgan fingerprint density at radius 1 is 1.04 bits per heavy atom. The lowest BCUT2D eigenvalue weighted by Crippen LogP contribution is -2.35. The van der Waals surface area contributed by atoms with Gasteiger partial charge in [-0.05, 0) is 37.5 Å². The number of rotatable bonds is 6. The van der Waals surface area contributed by atoms with Crippen molar-refractivity contribution in [3.63, 3.8) is 0 Å². The Hall–Kier alpha value is -2.82. The van der Waals surface area contributed by atoms with E-state index in [9.17, 15) is 4.79 Å². The minimum Gasteiger partial charge on any atom is -0.356 e. The van der Waals surface area contributed by atoms with Crippen LogP contribution in [0.4, 0.5) is 5.69 Å². The number of nitrogens with zero attached hydrogens (tertiary/aromatic N) is 2. The highest BCUT2D eigenvalue weighted by Crippen LogP contribution is 2.09. The van der Waals surface area contributed by atoms with Crippen LogP contribution in [0.25, 0.3) is 0 Å². The van der Waals surface area contributed by atoms with E-state index in [1.165, 1.54) is 5.56 Å². The largest absolute Gasteiger partial charge is 0.356 e. The van der Waals surface area contributed by atoms with Crippen molar-refractivity contribution in [3.8, 4) is 0 Å². The molecular formula is C22H28N4O. The number of carbonyl (C=O) groups excluding carboxylic acids is 1. The molecule has 0 atom stereocenters. The maximum Gasteiger partial charge on any atom is 0.224 e. The van der Waals surface area contributed by atoms with Gasteiger partial charge in [-0.1, -0.05) is 48.0 Å². The van der Waals surface area contributed by atoms with Crippen molar-refractivity contribution in [1.82, 2.24) is 10.2 Å². The van der Waals surface area contributed by atoms with Gasteiger partial charge in [0.2, 0.25) is 5.91 Å². The van der Waals surface area contributed by atoms with E-state index in [2.05, 4.69) is 46.8 Å². The molecule has 27 heavy (non-hydrogen) atoms. The van der Waals surface area contributed by atoms with Crippen LogP contribution in [0.1, 0.15) is 30.4 Å². The zero-order chi connectivity index (χ0) is 18.9. The van der Waals surface area contributed by atoms with Gasteiger partial charge in [0.15, 0.2) is 5.96 Å². The van der Waals surface area contributed by atoms with Gasteiger partial charge in [0.25, 0.3) is 0 Å².